The van der Waals surface area contributed by atoms with E-state index >= 15 is 0 Å². The van der Waals surface area contributed by atoms with Gasteiger partial charge in [-0.05, 0) is 23.4 Å². The maximum Gasteiger partial charge on any atom is 0.199 e. The smallest absolute Gasteiger partial charge is 0.199 e. The maximum atomic E-state index is 11.6. The fourth-order valence-electron chi connectivity index (χ4n) is 1.32. The van der Waals surface area contributed by atoms with Crippen LogP contribution in [0.1, 0.15) is 0 Å². The van der Waals surface area contributed by atoms with Crippen LogP contribution in [0.15, 0.2) is 47.3 Å². The quantitative estimate of drug-likeness (QED) is 0.931. The van der Waals surface area contributed by atoms with E-state index in [0.717, 1.165) is 5.41 Å². The first-order valence-corrected chi connectivity index (χ1v) is 7.04. The number of rotatable bonds is 4. The lowest BCUT2D eigenvalue weighted by Crippen LogP contribution is -1.99. The summed E-state index contributed by atoms with van der Waals surface area (Å²) in [6.45, 7) is 3.26. The number of halogens is 1. The standard InChI is InChI=1S/C11H9ClN4O2S/c1-2-19(17,18)8-3-4-10(9(12)7-8)14-11-5-6-13-16-15-11/h2-7H,1H2,(H,13,14,15). The highest BCUT2D eigenvalue weighted by Gasteiger charge is 2.12. The Hall–Kier alpha value is -1.99. The molecule has 0 radical (unpaired) electrons. The monoisotopic (exact) mass is 296 g/mol. The van der Waals surface area contributed by atoms with Crippen LogP contribution in [0.3, 0.4) is 0 Å². The van der Waals surface area contributed by atoms with Crippen molar-refractivity contribution < 1.29 is 8.42 Å². The summed E-state index contributed by atoms with van der Waals surface area (Å²) in [5.74, 6) is 0.455. The van der Waals surface area contributed by atoms with Crippen molar-refractivity contribution in [1.82, 2.24) is 15.4 Å². The highest BCUT2D eigenvalue weighted by atomic mass is 35.5. The van der Waals surface area contributed by atoms with E-state index in [4.69, 9.17) is 11.6 Å². The summed E-state index contributed by atoms with van der Waals surface area (Å²) >= 11 is 6.02. The van der Waals surface area contributed by atoms with Gasteiger partial charge < -0.3 is 5.32 Å². The first kappa shape index (κ1) is 13.4. The molecule has 0 unspecified atom stereocenters. The van der Waals surface area contributed by atoms with Crippen LogP contribution >= 0.6 is 11.6 Å². The van der Waals surface area contributed by atoms with Crippen molar-refractivity contribution >= 4 is 32.9 Å². The minimum absolute atomic E-state index is 0.0823. The number of hydrogen-bond acceptors (Lipinski definition) is 6. The first-order valence-electron chi connectivity index (χ1n) is 5.11. The van der Waals surface area contributed by atoms with E-state index in [0.29, 0.717) is 11.5 Å². The average Bonchev–Trinajstić information content (AvgIpc) is 2.42. The minimum atomic E-state index is -3.50. The van der Waals surface area contributed by atoms with Crippen LogP contribution < -0.4 is 5.32 Å². The van der Waals surface area contributed by atoms with Gasteiger partial charge in [0, 0.05) is 11.5 Å². The normalized spacial score (nSPS) is 11.0. The highest BCUT2D eigenvalue weighted by molar-refractivity contribution is 7.94. The van der Waals surface area contributed by atoms with Gasteiger partial charge in [0.05, 0.1) is 21.8 Å². The van der Waals surface area contributed by atoms with E-state index < -0.39 is 9.84 Å². The van der Waals surface area contributed by atoms with Gasteiger partial charge in [-0.25, -0.2) is 8.42 Å². The molecule has 0 aliphatic heterocycles. The Morgan fingerprint density at radius 1 is 1.32 bits per heavy atom. The fraction of sp³-hybridized carbons (Fsp3) is 0. The van der Waals surface area contributed by atoms with Crippen molar-refractivity contribution in [2.24, 2.45) is 0 Å². The van der Waals surface area contributed by atoms with Crippen molar-refractivity contribution in [2.75, 3.05) is 5.32 Å². The van der Waals surface area contributed by atoms with Gasteiger partial charge in [0.25, 0.3) is 0 Å². The molecule has 0 aliphatic carbocycles. The molecule has 0 atom stereocenters. The number of anilines is 2. The SMILES string of the molecule is C=CS(=O)(=O)c1ccc(Nc2ccnnn2)c(Cl)c1. The number of sulfone groups is 1. The Morgan fingerprint density at radius 3 is 2.68 bits per heavy atom. The molecule has 1 N–H and O–H groups in total. The zero-order valence-corrected chi connectivity index (χ0v) is 11.2. The largest absolute Gasteiger partial charge is 0.337 e. The second-order valence-corrected chi connectivity index (χ2v) is 5.79. The fourth-order valence-corrected chi connectivity index (χ4v) is 2.34. The van der Waals surface area contributed by atoms with Crippen LogP contribution in [0.25, 0.3) is 0 Å². The molecule has 1 heterocycles. The van der Waals surface area contributed by atoms with Crippen molar-refractivity contribution in [3.05, 3.63) is 47.5 Å². The molecule has 19 heavy (non-hydrogen) atoms. The van der Waals surface area contributed by atoms with Gasteiger partial charge in [-0.2, -0.15) is 0 Å². The molecule has 2 rings (SSSR count). The third-order valence-electron chi connectivity index (χ3n) is 2.25. The maximum absolute atomic E-state index is 11.6. The van der Waals surface area contributed by atoms with Gasteiger partial charge in [-0.3, -0.25) is 0 Å². The molecule has 8 heteroatoms. The number of nitrogens with one attached hydrogen (secondary N) is 1. The van der Waals surface area contributed by atoms with Crippen LogP contribution in [0, 0.1) is 0 Å². The third kappa shape index (κ3) is 3.07. The predicted molar refractivity (Wildman–Crippen MR) is 71.9 cm³/mol. The summed E-state index contributed by atoms with van der Waals surface area (Å²) in [5, 5.41) is 14.8. The van der Waals surface area contributed by atoms with Gasteiger partial charge in [-0.1, -0.05) is 18.2 Å². The molecule has 2 aromatic rings. The second-order valence-electron chi connectivity index (χ2n) is 3.48. The van der Waals surface area contributed by atoms with Gasteiger partial charge in [0.1, 0.15) is 0 Å². The molecule has 0 spiro atoms. The molecular weight excluding hydrogens is 288 g/mol. The lowest BCUT2D eigenvalue weighted by atomic mass is 10.3. The lowest BCUT2D eigenvalue weighted by Gasteiger charge is -2.07. The molecule has 1 aromatic heterocycles. The zero-order valence-electron chi connectivity index (χ0n) is 9.62. The summed E-state index contributed by atoms with van der Waals surface area (Å²) in [7, 11) is -3.50. The third-order valence-corrected chi connectivity index (χ3v) is 3.92. The van der Waals surface area contributed by atoms with Gasteiger partial charge in [0.2, 0.25) is 0 Å². The Morgan fingerprint density at radius 2 is 2.11 bits per heavy atom. The Balaban J connectivity index is 2.33. The number of benzene rings is 1. The molecule has 0 aliphatic rings. The Bertz CT molecular complexity index is 704. The van der Waals surface area contributed by atoms with Crippen LogP contribution in [0.2, 0.25) is 5.02 Å². The Labute approximate surface area is 115 Å². The van der Waals surface area contributed by atoms with Crippen molar-refractivity contribution in [3.8, 4) is 0 Å². The number of aromatic nitrogens is 3. The molecule has 0 saturated heterocycles. The molecule has 0 bridgehead atoms. The predicted octanol–water partition coefficient (Wildman–Crippen LogP) is 2.19. The lowest BCUT2D eigenvalue weighted by molar-refractivity contribution is 0.605. The summed E-state index contributed by atoms with van der Waals surface area (Å²) in [6, 6.07) is 5.92. The van der Waals surface area contributed by atoms with Crippen LogP contribution in [-0.4, -0.2) is 23.8 Å². The summed E-state index contributed by atoms with van der Waals surface area (Å²) in [4.78, 5) is 0.0823. The second kappa shape index (κ2) is 5.33. The zero-order chi connectivity index (χ0) is 13.9. The molecule has 0 saturated carbocycles. The van der Waals surface area contributed by atoms with Crippen LogP contribution in [0.5, 0.6) is 0 Å². The van der Waals surface area contributed by atoms with E-state index in [1.807, 2.05) is 0 Å². The van der Waals surface area contributed by atoms with E-state index in [1.165, 1.54) is 18.3 Å². The van der Waals surface area contributed by atoms with Crippen molar-refractivity contribution in [3.63, 3.8) is 0 Å². The minimum Gasteiger partial charge on any atom is -0.337 e. The molecule has 98 valence electrons. The van der Waals surface area contributed by atoms with Crippen LogP contribution in [0.4, 0.5) is 11.5 Å². The molecular formula is C11H9ClN4O2S. The molecule has 0 amide bonds. The van der Waals surface area contributed by atoms with E-state index in [1.54, 1.807) is 12.1 Å². The van der Waals surface area contributed by atoms with E-state index in [-0.39, 0.29) is 9.92 Å². The molecule has 1 aromatic carbocycles. The highest BCUT2D eigenvalue weighted by Crippen LogP contribution is 2.27. The van der Waals surface area contributed by atoms with Gasteiger partial charge >= 0.3 is 0 Å². The van der Waals surface area contributed by atoms with E-state index in [2.05, 4.69) is 27.3 Å². The van der Waals surface area contributed by atoms with Crippen molar-refractivity contribution in [2.45, 2.75) is 4.90 Å². The average molecular weight is 297 g/mol. The van der Waals surface area contributed by atoms with Crippen molar-refractivity contribution in [1.29, 1.82) is 0 Å². The number of hydrogen-bond donors (Lipinski definition) is 1. The van der Waals surface area contributed by atoms with Crippen LogP contribution in [-0.2, 0) is 9.84 Å². The van der Waals surface area contributed by atoms with Gasteiger partial charge in [0.15, 0.2) is 15.7 Å². The van der Waals surface area contributed by atoms with E-state index in [9.17, 15) is 8.42 Å². The summed E-state index contributed by atoms with van der Waals surface area (Å²) in [5.41, 5.74) is 0.519. The summed E-state index contributed by atoms with van der Waals surface area (Å²) < 4.78 is 23.2. The summed E-state index contributed by atoms with van der Waals surface area (Å²) in [6.07, 6.45) is 1.47. The molecule has 0 fully saturated rings. The molecule has 6 nitrogen and oxygen atoms in total. The topological polar surface area (TPSA) is 84.8 Å². The van der Waals surface area contributed by atoms with Gasteiger partial charge in [-0.15, -0.1) is 10.2 Å². The number of nitrogens with zero attached hydrogens (tertiary/aromatic N) is 3. The first-order chi connectivity index (χ1) is 9.03. The Kier molecular flexibility index (Phi) is 3.77.